The highest BCUT2D eigenvalue weighted by atomic mass is 32.2. The average Bonchev–Trinajstić information content (AvgIpc) is 2.57. The van der Waals surface area contributed by atoms with Crippen molar-refractivity contribution < 1.29 is 22.0 Å². The molecule has 0 spiro atoms. The van der Waals surface area contributed by atoms with E-state index in [1.54, 1.807) is 4.90 Å². The molecule has 0 saturated carbocycles. The smallest absolute Gasteiger partial charge is 0.240 e. The Morgan fingerprint density at radius 1 is 1.16 bits per heavy atom. The number of hydrogen-bond acceptors (Lipinski definition) is 4. The molecule has 0 unspecified atom stereocenters. The lowest BCUT2D eigenvalue weighted by Crippen LogP contribution is -2.51. The molecule has 2 rings (SSSR count). The molecule has 0 aromatic heterocycles. The summed E-state index contributed by atoms with van der Waals surface area (Å²) in [4.78, 5) is 15.8. The Kier molecular flexibility index (Phi) is 6.47. The molecular weight excluding hydrogens is 352 g/mol. The molecule has 1 aromatic rings. The number of hydrogen-bond donors (Lipinski definition) is 1. The van der Waals surface area contributed by atoms with Crippen LogP contribution >= 0.6 is 0 Å². The normalized spacial score (nSPS) is 16.4. The molecule has 0 aliphatic carbocycles. The molecule has 1 amide bonds. The second-order valence-electron chi connectivity index (χ2n) is 6.23. The topological polar surface area (TPSA) is 69.7 Å². The standard InChI is InChI=1S/C16H23F2N3O3S/c1-12(2)20-7-9-21(10-8-20)16(22)5-6-19-25(23,24)13-3-4-14(17)15(18)11-13/h3-4,11-12,19H,5-10H2,1-2H3. The fraction of sp³-hybridized carbons (Fsp3) is 0.562. The van der Waals surface area contributed by atoms with Gasteiger partial charge in [-0.15, -0.1) is 0 Å². The third-order valence-corrected chi connectivity index (χ3v) is 5.69. The van der Waals surface area contributed by atoms with Crippen LogP contribution in [0.15, 0.2) is 23.1 Å². The first kappa shape index (κ1) is 19.7. The highest BCUT2D eigenvalue weighted by molar-refractivity contribution is 7.89. The van der Waals surface area contributed by atoms with Gasteiger partial charge in [-0.05, 0) is 32.0 Å². The van der Waals surface area contributed by atoms with Crippen LogP contribution in [0.4, 0.5) is 8.78 Å². The highest BCUT2D eigenvalue weighted by Crippen LogP contribution is 2.13. The van der Waals surface area contributed by atoms with E-state index in [1.807, 2.05) is 0 Å². The van der Waals surface area contributed by atoms with Gasteiger partial charge in [0.15, 0.2) is 11.6 Å². The second kappa shape index (κ2) is 8.20. The Hall–Kier alpha value is -1.58. The van der Waals surface area contributed by atoms with Gasteiger partial charge in [0, 0.05) is 45.2 Å². The summed E-state index contributed by atoms with van der Waals surface area (Å²) in [6, 6.07) is 2.78. The van der Waals surface area contributed by atoms with Gasteiger partial charge in [0.25, 0.3) is 0 Å². The number of rotatable bonds is 6. The SMILES string of the molecule is CC(C)N1CCN(C(=O)CCNS(=O)(=O)c2ccc(F)c(F)c2)CC1. The maximum Gasteiger partial charge on any atom is 0.240 e. The van der Waals surface area contributed by atoms with Crippen LogP contribution in [0.2, 0.25) is 0 Å². The van der Waals surface area contributed by atoms with E-state index in [9.17, 15) is 22.0 Å². The van der Waals surface area contributed by atoms with Crippen LogP contribution in [0.5, 0.6) is 0 Å². The van der Waals surface area contributed by atoms with E-state index in [4.69, 9.17) is 0 Å². The summed E-state index contributed by atoms with van der Waals surface area (Å²) < 4.78 is 52.4. The molecule has 1 saturated heterocycles. The summed E-state index contributed by atoms with van der Waals surface area (Å²) in [6.45, 7) is 6.94. The zero-order valence-electron chi connectivity index (χ0n) is 14.3. The Morgan fingerprint density at radius 2 is 1.80 bits per heavy atom. The molecule has 0 radical (unpaired) electrons. The molecule has 1 heterocycles. The van der Waals surface area contributed by atoms with Crippen molar-refractivity contribution in [3.05, 3.63) is 29.8 Å². The fourth-order valence-corrected chi connectivity index (χ4v) is 3.71. The number of carbonyl (C=O) groups excluding carboxylic acids is 1. The van der Waals surface area contributed by atoms with Crippen LogP contribution in [0, 0.1) is 11.6 Å². The zero-order valence-corrected chi connectivity index (χ0v) is 15.2. The van der Waals surface area contributed by atoms with E-state index in [0.29, 0.717) is 25.2 Å². The highest BCUT2D eigenvalue weighted by Gasteiger charge is 2.23. The largest absolute Gasteiger partial charge is 0.340 e. The minimum Gasteiger partial charge on any atom is -0.340 e. The minimum atomic E-state index is -3.98. The number of sulfonamides is 1. The summed E-state index contributed by atoms with van der Waals surface area (Å²) in [7, 11) is -3.98. The summed E-state index contributed by atoms with van der Waals surface area (Å²) in [5, 5.41) is 0. The van der Waals surface area contributed by atoms with Crippen molar-refractivity contribution in [2.75, 3.05) is 32.7 Å². The molecule has 0 atom stereocenters. The van der Waals surface area contributed by atoms with Gasteiger partial charge in [-0.3, -0.25) is 9.69 Å². The number of nitrogens with zero attached hydrogens (tertiary/aromatic N) is 2. The van der Waals surface area contributed by atoms with E-state index >= 15 is 0 Å². The van der Waals surface area contributed by atoms with Crippen LogP contribution in [0.3, 0.4) is 0 Å². The van der Waals surface area contributed by atoms with Crippen molar-refractivity contribution in [2.24, 2.45) is 0 Å². The first-order valence-corrected chi connectivity index (χ1v) is 9.65. The van der Waals surface area contributed by atoms with Crippen molar-refractivity contribution in [3.63, 3.8) is 0 Å². The van der Waals surface area contributed by atoms with E-state index in [0.717, 1.165) is 25.2 Å². The fourth-order valence-electron chi connectivity index (χ4n) is 2.67. The van der Waals surface area contributed by atoms with Crippen molar-refractivity contribution >= 4 is 15.9 Å². The number of benzene rings is 1. The quantitative estimate of drug-likeness (QED) is 0.811. The third kappa shape index (κ3) is 5.20. The Balaban J connectivity index is 1.83. The van der Waals surface area contributed by atoms with E-state index in [2.05, 4.69) is 23.5 Å². The molecule has 1 N–H and O–H groups in total. The van der Waals surface area contributed by atoms with Crippen molar-refractivity contribution in [1.29, 1.82) is 0 Å². The summed E-state index contributed by atoms with van der Waals surface area (Å²) in [5.74, 6) is -2.48. The van der Waals surface area contributed by atoms with E-state index in [-0.39, 0.29) is 23.8 Å². The second-order valence-corrected chi connectivity index (χ2v) is 8.00. The molecule has 1 fully saturated rings. The third-order valence-electron chi connectivity index (χ3n) is 4.23. The molecule has 6 nitrogen and oxygen atoms in total. The van der Waals surface area contributed by atoms with Crippen molar-refractivity contribution in [1.82, 2.24) is 14.5 Å². The van der Waals surface area contributed by atoms with Gasteiger partial charge in [-0.1, -0.05) is 0 Å². The van der Waals surface area contributed by atoms with Crippen molar-refractivity contribution in [2.45, 2.75) is 31.2 Å². The number of halogens is 2. The molecule has 25 heavy (non-hydrogen) atoms. The average molecular weight is 375 g/mol. The van der Waals surface area contributed by atoms with Crippen LogP contribution in [-0.4, -0.2) is 62.9 Å². The first-order chi connectivity index (χ1) is 11.7. The molecule has 1 aromatic carbocycles. The first-order valence-electron chi connectivity index (χ1n) is 8.17. The van der Waals surface area contributed by atoms with Crippen LogP contribution in [-0.2, 0) is 14.8 Å². The maximum atomic E-state index is 13.2. The molecule has 9 heteroatoms. The van der Waals surface area contributed by atoms with Crippen LogP contribution < -0.4 is 4.72 Å². The number of nitrogens with one attached hydrogen (secondary N) is 1. The zero-order chi connectivity index (χ0) is 18.6. The summed E-state index contributed by atoms with van der Waals surface area (Å²) in [5.41, 5.74) is 0. The van der Waals surface area contributed by atoms with Gasteiger partial charge in [0.1, 0.15) is 0 Å². The van der Waals surface area contributed by atoms with Gasteiger partial charge in [0.2, 0.25) is 15.9 Å². The Morgan fingerprint density at radius 3 is 2.36 bits per heavy atom. The van der Waals surface area contributed by atoms with Crippen molar-refractivity contribution in [3.8, 4) is 0 Å². The lowest BCUT2D eigenvalue weighted by atomic mass is 10.2. The lowest BCUT2D eigenvalue weighted by molar-refractivity contribution is -0.133. The monoisotopic (exact) mass is 375 g/mol. The van der Waals surface area contributed by atoms with Gasteiger partial charge in [-0.2, -0.15) is 0 Å². The molecular formula is C16H23F2N3O3S. The molecule has 140 valence electrons. The minimum absolute atomic E-state index is 0.0184. The summed E-state index contributed by atoms with van der Waals surface area (Å²) in [6.07, 6.45) is 0.0184. The lowest BCUT2D eigenvalue weighted by Gasteiger charge is -2.37. The van der Waals surface area contributed by atoms with Gasteiger partial charge in [0.05, 0.1) is 4.90 Å². The molecule has 1 aliphatic rings. The van der Waals surface area contributed by atoms with E-state index in [1.165, 1.54) is 0 Å². The van der Waals surface area contributed by atoms with Gasteiger partial charge < -0.3 is 4.90 Å². The molecule has 0 bridgehead atoms. The van der Waals surface area contributed by atoms with Gasteiger partial charge >= 0.3 is 0 Å². The van der Waals surface area contributed by atoms with E-state index < -0.39 is 21.7 Å². The predicted molar refractivity (Wildman–Crippen MR) is 89.5 cm³/mol. The Bertz CT molecular complexity index is 717. The number of amides is 1. The van der Waals surface area contributed by atoms with Crippen LogP contribution in [0.25, 0.3) is 0 Å². The summed E-state index contributed by atoms with van der Waals surface area (Å²) >= 11 is 0. The number of piperazine rings is 1. The van der Waals surface area contributed by atoms with Crippen LogP contribution in [0.1, 0.15) is 20.3 Å². The number of carbonyl (C=O) groups is 1. The van der Waals surface area contributed by atoms with Gasteiger partial charge in [-0.25, -0.2) is 21.9 Å². The maximum absolute atomic E-state index is 13.2. The molecule has 1 aliphatic heterocycles. The Labute approximate surface area is 146 Å². The predicted octanol–water partition coefficient (Wildman–Crippen LogP) is 1.19.